The molecule has 1 unspecified atom stereocenters. The Kier molecular flexibility index (Phi) is 3.43. The van der Waals surface area contributed by atoms with E-state index in [4.69, 9.17) is 5.73 Å². The van der Waals surface area contributed by atoms with Gasteiger partial charge in [-0.2, -0.15) is 0 Å². The Labute approximate surface area is 112 Å². The molecule has 0 bridgehead atoms. The molecule has 2 aromatic heterocycles. The van der Waals surface area contributed by atoms with E-state index in [1.54, 1.807) is 10.4 Å². The second-order valence-corrected chi connectivity index (χ2v) is 6.14. The lowest BCUT2D eigenvalue weighted by Crippen LogP contribution is -2.11. The van der Waals surface area contributed by atoms with Gasteiger partial charge in [0, 0.05) is 28.2 Å². The maximum atomic E-state index is 6.33. The fourth-order valence-electron chi connectivity index (χ4n) is 2.57. The van der Waals surface area contributed by atoms with Crippen LogP contribution in [0.15, 0.2) is 30.6 Å². The Balaban J connectivity index is 1.76. The Morgan fingerprint density at radius 3 is 2.78 bits per heavy atom. The number of rotatable bonds is 3. The van der Waals surface area contributed by atoms with Crippen LogP contribution < -0.4 is 5.73 Å². The molecule has 1 aliphatic carbocycles. The molecule has 0 fully saturated rings. The summed E-state index contributed by atoms with van der Waals surface area (Å²) in [4.78, 5) is 6.96. The van der Waals surface area contributed by atoms with Gasteiger partial charge in [0.2, 0.25) is 0 Å². The van der Waals surface area contributed by atoms with Crippen LogP contribution in [0.25, 0.3) is 0 Å². The fraction of sp³-hybridized carbons (Fsp3) is 0.400. The third-order valence-corrected chi connectivity index (χ3v) is 4.96. The van der Waals surface area contributed by atoms with Gasteiger partial charge in [-0.15, -0.1) is 11.3 Å². The van der Waals surface area contributed by atoms with E-state index >= 15 is 0 Å². The first-order valence-corrected chi connectivity index (χ1v) is 7.40. The summed E-state index contributed by atoms with van der Waals surface area (Å²) in [7, 11) is 0. The van der Waals surface area contributed by atoms with Gasteiger partial charge in [0.1, 0.15) is 0 Å². The summed E-state index contributed by atoms with van der Waals surface area (Å²) in [5.41, 5.74) is 9.14. The Morgan fingerprint density at radius 2 is 2.00 bits per heavy atom. The minimum Gasteiger partial charge on any atom is -0.323 e. The van der Waals surface area contributed by atoms with Crippen LogP contribution in [0.1, 0.15) is 39.8 Å². The smallest absolute Gasteiger partial charge is 0.0430 e. The maximum absolute atomic E-state index is 6.33. The molecule has 2 N–H and O–H groups in total. The highest BCUT2D eigenvalue weighted by atomic mass is 32.1. The van der Waals surface area contributed by atoms with Crippen LogP contribution in [-0.2, 0) is 19.3 Å². The molecule has 0 aliphatic heterocycles. The molecule has 3 rings (SSSR count). The predicted octanol–water partition coefficient (Wildman–Crippen LogP) is 3.26. The first-order chi connectivity index (χ1) is 8.83. The molecule has 0 spiro atoms. The van der Waals surface area contributed by atoms with Crippen LogP contribution in [0, 0.1) is 0 Å². The zero-order chi connectivity index (χ0) is 12.4. The van der Waals surface area contributed by atoms with Crippen molar-refractivity contribution in [3.8, 4) is 0 Å². The summed E-state index contributed by atoms with van der Waals surface area (Å²) < 4.78 is 0. The number of fused-ring (bicyclic) bond motifs is 1. The molecule has 1 atom stereocenters. The number of nitrogens with zero attached hydrogens (tertiary/aromatic N) is 1. The normalized spacial score (nSPS) is 16.3. The zero-order valence-corrected chi connectivity index (χ0v) is 11.2. The third-order valence-electron chi connectivity index (χ3n) is 3.59. The topological polar surface area (TPSA) is 38.9 Å². The monoisotopic (exact) mass is 258 g/mol. The number of thiophene rings is 1. The largest absolute Gasteiger partial charge is 0.323 e. The van der Waals surface area contributed by atoms with Crippen molar-refractivity contribution in [2.75, 3.05) is 0 Å². The molecule has 0 amide bonds. The molecule has 2 heterocycles. The molecular weight excluding hydrogens is 240 g/mol. The molecule has 1 aliphatic rings. The number of hydrogen-bond donors (Lipinski definition) is 1. The lowest BCUT2D eigenvalue weighted by Gasteiger charge is -2.09. The molecule has 0 radical (unpaired) electrons. The van der Waals surface area contributed by atoms with Gasteiger partial charge in [-0.1, -0.05) is 0 Å². The van der Waals surface area contributed by atoms with E-state index in [1.165, 1.54) is 36.1 Å². The summed E-state index contributed by atoms with van der Waals surface area (Å²) in [6.45, 7) is 0. The molecule has 2 nitrogen and oxygen atoms in total. The lowest BCUT2D eigenvalue weighted by molar-refractivity contribution is 0.695. The van der Waals surface area contributed by atoms with Gasteiger partial charge < -0.3 is 5.73 Å². The van der Waals surface area contributed by atoms with Crippen LogP contribution in [0.5, 0.6) is 0 Å². The fourth-order valence-corrected chi connectivity index (χ4v) is 3.83. The minimum absolute atomic E-state index is 0.128. The van der Waals surface area contributed by atoms with Crippen molar-refractivity contribution in [2.24, 2.45) is 5.73 Å². The minimum atomic E-state index is 0.128. The Morgan fingerprint density at radius 1 is 1.22 bits per heavy atom. The van der Waals surface area contributed by atoms with Crippen LogP contribution in [0.3, 0.4) is 0 Å². The second-order valence-electron chi connectivity index (χ2n) is 4.97. The Bertz CT molecular complexity index is 495. The van der Waals surface area contributed by atoms with Gasteiger partial charge in [0.05, 0.1) is 0 Å². The van der Waals surface area contributed by atoms with Crippen molar-refractivity contribution < 1.29 is 0 Å². The van der Waals surface area contributed by atoms with E-state index in [9.17, 15) is 0 Å². The maximum Gasteiger partial charge on any atom is 0.0430 e. The quantitative estimate of drug-likeness (QED) is 0.917. The molecule has 2 aromatic rings. The third kappa shape index (κ3) is 2.47. The van der Waals surface area contributed by atoms with Crippen molar-refractivity contribution in [3.05, 3.63) is 51.5 Å². The second kappa shape index (κ2) is 5.21. The van der Waals surface area contributed by atoms with Gasteiger partial charge in [-0.05, 0) is 61.4 Å². The van der Waals surface area contributed by atoms with Gasteiger partial charge in [-0.25, -0.2) is 0 Å². The van der Waals surface area contributed by atoms with Gasteiger partial charge in [0.25, 0.3) is 0 Å². The van der Waals surface area contributed by atoms with Crippen molar-refractivity contribution in [1.82, 2.24) is 4.98 Å². The predicted molar refractivity (Wildman–Crippen MR) is 75.8 cm³/mol. The van der Waals surface area contributed by atoms with Crippen molar-refractivity contribution in [3.63, 3.8) is 0 Å². The highest BCUT2D eigenvalue weighted by Crippen LogP contribution is 2.33. The van der Waals surface area contributed by atoms with Gasteiger partial charge in [-0.3, -0.25) is 4.98 Å². The van der Waals surface area contributed by atoms with Crippen LogP contribution in [0.4, 0.5) is 0 Å². The molecule has 18 heavy (non-hydrogen) atoms. The Hall–Kier alpha value is -1.19. The summed E-state index contributed by atoms with van der Waals surface area (Å²) in [5, 5.41) is 0. The average Bonchev–Trinajstić information content (AvgIpc) is 2.84. The average molecular weight is 258 g/mol. The number of hydrogen-bond acceptors (Lipinski definition) is 3. The number of aromatic nitrogens is 1. The summed E-state index contributed by atoms with van der Waals surface area (Å²) in [6, 6.07) is 6.56. The van der Waals surface area contributed by atoms with E-state index in [-0.39, 0.29) is 6.04 Å². The van der Waals surface area contributed by atoms with E-state index in [1.807, 2.05) is 35.9 Å². The van der Waals surface area contributed by atoms with Crippen LogP contribution in [-0.4, -0.2) is 4.98 Å². The van der Waals surface area contributed by atoms with Gasteiger partial charge in [0.15, 0.2) is 0 Å². The number of pyridine rings is 1. The number of nitrogens with two attached hydrogens (primary N) is 1. The highest BCUT2D eigenvalue weighted by molar-refractivity contribution is 7.12. The van der Waals surface area contributed by atoms with E-state index < -0.39 is 0 Å². The molecule has 0 saturated heterocycles. The highest BCUT2D eigenvalue weighted by Gasteiger charge is 2.17. The first kappa shape index (κ1) is 11.9. The number of aryl methyl sites for hydroxylation is 2. The molecule has 94 valence electrons. The molecule has 3 heteroatoms. The van der Waals surface area contributed by atoms with Crippen LogP contribution in [0.2, 0.25) is 0 Å². The summed E-state index contributed by atoms with van der Waals surface area (Å²) in [5.74, 6) is 0. The zero-order valence-electron chi connectivity index (χ0n) is 10.4. The van der Waals surface area contributed by atoms with E-state index in [2.05, 4.69) is 11.1 Å². The van der Waals surface area contributed by atoms with Crippen molar-refractivity contribution >= 4 is 11.3 Å². The van der Waals surface area contributed by atoms with Gasteiger partial charge >= 0.3 is 0 Å². The standard InChI is InChI=1S/C15H18N2S/c16-13(9-11-5-7-17-8-6-11)15-10-12-3-1-2-4-14(12)18-15/h5-8,10,13H,1-4,9,16H2. The molecule has 0 aromatic carbocycles. The SMILES string of the molecule is NC(Cc1ccncc1)c1cc2c(s1)CCCC2. The summed E-state index contributed by atoms with van der Waals surface area (Å²) in [6.07, 6.45) is 9.75. The summed E-state index contributed by atoms with van der Waals surface area (Å²) >= 11 is 1.92. The molecular formula is C15H18N2S. The van der Waals surface area contributed by atoms with E-state index in [0.717, 1.165) is 6.42 Å². The lowest BCUT2D eigenvalue weighted by atomic mass is 9.98. The molecule has 0 saturated carbocycles. The van der Waals surface area contributed by atoms with E-state index in [0.29, 0.717) is 0 Å². The van der Waals surface area contributed by atoms with Crippen molar-refractivity contribution in [1.29, 1.82) is 0 Å². The van der Waals surface area contributed by atoms with Crippen LogP contribution >= 0.6 is 11.3 Å². The van der Waals surface area contributed by atoms with Crippen molar-refractivity contribution in [2.45, 2.75) is 38.1 Å². The first-order valence-electron chi connectivity index (χ1n) is 6.59.